The molecule has 164 valence electrons. The summed E-state index contributed by atoms with van der Waals surface area (Å²) in [6, 6.07) is 9.56. The van der Waals surface area contributed by atoms with E-state index in [1.165, 1.54) is 24.3 Å². The lowest BCUT2D eigenvalue weighted by molar-refractivity contribution is -0.277. The fourth-order valence-corrected chi connectivity index (χ4v) is 3.38. The lowest BCUT2D eigenvalue weighted by atomic mass is 9.99. The summed E-state index contributed by atoms with van der Waals surface area (Å²) in [5.74, 6) is -0.273. The van der Waals surface area contributed by atoms with Gasteiger partial charge in [-0.1, -0.05) is 0 Å². The van der Waals surface area contributed by atoms with E-state index in [9.17, 15) is 35.4 Å². The summed E-state index contributed by atoms with van der Waals surface area (Å²) in [4.78, 5) is 12.5. The fraction of sp³-hybridized carbons (Fsp3) is 0.286. The lowest BCUT2D eigenvalue weighted by Gasteiger charge is -2.39. The predicted octanol–water partition coefficient (Wildman–Crippen LogP) is 0.0499. The first kappa shape index (κ1) is 21.1. The van der Waals surface area contributed by atoms with Gasteiger partial charge < -0.3 is 44.5 Å². The number of aliphatic hydroxyl groups excluding tert-OH is 4. The van der Waals surface area contributed by atoms with Crippen molar-refractivity contribution >= 4 is 11.0 Å². The highest BCUT2D eigenvalue weighted by Crippen LogP contribution is 2.33. The number of rotatable bonds is 4. The predicted molar refractivity (Wildman–Crippen MR) is 106 cm³/mol. The van der Waals surface area contributed by atoms with Crippen LogP contribution in [-0.4, -0.2) is 68.0 Å². The van der Waals surface area contributed by atoms with Crippen molar-refractivity contribution in [3.05, 3.63) is 52.7 Å². The van der Waals surface area contributed by atoms with Crippen LogP contribution in [-0.2, 0) is 4.74 Å². The number of aliphatic hydroxyl groups is 4. The minimum absolute atomic E-state index is 0.0184. The van der Waals surface area contributed by atoms with E-state index in [2.05, 4.69) is 0 Å². The Hall–Kier alpha value is -3.15. The molecule has 0 aliphatic carbocycles. The lowest BCUT2D eigenvalue weighted by Crippen LogP contribution is -2.60. The Labute approximate surface area is 174 Å². The Morgan fingerprint density at radius 3 is 2.32 bits per heavy atom. The average molecular weight is 432 g/mol. The molecule has 1 aromatic heterocycles. The Balaban J connectivity index is 1.71. The molecule has 0 saturated carbocycles. The minimum Gasteiger partial charge on any atom is -0.508 e. The van der Waals surface area contributed by atoms with Gasteiger partial charge in [0.2, 0.25) is 6.29 Å². The molecule has 31 heavy (non-hydrogen) atoms. The SMILES string of the molecule is O=c1cc(-c2ccc(O)cc2)oc2cc(O[C@@H]3O[C@H](CO)[C@H](O)[C@@H](O)[C@H]3O)cc(O)c12. The molecule has 6 N–H and O–H groups in total. The van der Waals surface area contributed by atoms with Crippen LogP contribution < -0.4 is 10.2 Å². The van der Waals surface area contributed by atoms with Gasteiger partial charge in [0.15, 0.2) is 5.43 Å². The van der Waals surface area contributed by atoms with Crippen LogP contribution in [0, 0.1) is 0 Å². The molecule has 0 spiro atoms. The van der Waals surface area contributed by atoms with E-state index < -0.39 is 48.5 Å². The van der Waals surface area contributed by atoms with Gasteiger partial charge in [-0.05, 0) is 24.3 Å². The van der Waals surface area contributed by atoms with Crippen molar-refractivity contribution in [2.45, 2.75) is 30.7 Å². The van der Waals surface area contributed by atoms with E-state index in [-0.39, 0.29) is 28.2 Å². The number of hydrogen-bond acceptors (Lipinski definition) is 10. The third-order valence-electron chi connectivity index (χ3n) is 5.04. The molecular formula is C21H20O10. The van der Waals surface area contributed by atoms with Crippen LogP contribution in [0.15, 0.2) is 51.7 Å². The van der Waals surface area contributed by atoms with Crippen molar-refractivity contribution in [2.24, 2.45) is 0 Å². The van der Waals surface area contributed by atoms with Crippen LogP contribution in [0.3, 0.4) is 0 Å². The molecule has 0 radical (unpaired) electrons. The monoisotopic (exact) mass is 432 g/mol. The Kier molecular flexibility index (Phi) is 5.56. The number of aromatic hydroxyl groups is 2. The Morgan fingerprint density at radius 2 is 1.65 bits per heavy atom. The number of ether oxygens (including phenoxy) is 2. The van der Waals surface area contributed by atoms with Crippen molar-refractivity contribution in [1.82, 2.24) is 0 Å². The molecule has 1 aliphatic rings. The third-order valence-corrected chi connectivity index (χ3v) is 5.04. The first-order valence-electron chi connectivity index (χ1n) is 9.36. The first-order valence-corrected chi connectivity index (χ1v) is 9.36. The number of phenols is 2. The van der Waals surface area contributed by atoms with E-state index in [1.54, 1.807) is 12.1 Å². The first-order chi connectivity index (χ1) is 14.8. The minimum atomic E-state index is -1.65. The van der Waals surface area contributed by atoms with Crippen LogP contribution >= 0.6 is 0 Å². The van der Waals surface area contributed by atoms with Crippen molar-refractivity contribution < 1.29 is 44.5 Å². The number of hydrogen-bond donors (Lipinski definition) is 6. The quantitative estimate of drug-likeness (QED) is 0.331. The second-order valence-electron chi connectivity index (χ2n) is 7.15. The molecule has 5 atom stereocenters. The van der Waals surface area contributed by atoms with Gasteiger partial charge in [0.05, 0.1) is 6.61 Å². The smallest absolute Gasteiger partial charge is 0.229 e. The van der Waals surface area contributed by atoms with Crippen LogP contribution in [0.25, 0.3) is 22.3 Å². The van der Waals surface area contributed by atoms with E-state index in [0.29, 0.717) is 5.56 Å². The third kappa shape index (κ3) is 3.94. The second-order valence-corrected chi connectivity index (χ2v) is 7.15. The van der Waals surface area contributed by atoms with Gasteiger partial charge in [-0.2, -0.15) is 0 Å². The van der Waals surface area contributed by atoms with Gasteiger partial charge >= 0.3 is 0 Å². The second kappa shape index (κ2) is 8.17. The molecule has 1 fully saturated rings. The summed E-state index contributed by atoms with van der Waals surface area (Å²) in [5, 5.41) is 58.8. The largest absolute Gasteiger partial charge is 0.508 e. The maximum Gasteiger partial charge on any atom is 0.229 e. The van der Waals surface area contributed by atoms with Gasteiger partial charge in [-0.15, -0.1) is 0 Å². The fourth-order valence-electron chi connectivity index (χ4n) is 3.38. The van der Waals surface area contributed by atoms with Crippen LogP contribution in [0.5, 0.6) is 17.2 Å². The highest BCUT2D eigenvalue weighted by atomic mass is 16.7. The van der Waals surface area contributed by atoms with Gasteiger partial charge in [0, 0.05) is 23.8 Å². The zero-order valence-electron chi connectivity index (χ0n) is 16.0. The molecule has 2 heterocycles. The summed E-state index contributed by atoms with van der Waals surface area (Å²) in [7, 11) is 0. The molecule has 0 unspecified atom stereocenters. The highest BCUT2D eigenvalue weighted by Gasteiger charge is 2.44. The van der Waals surface area contributed by atoms with Crippen LogP contribution in [0.2, 0.25) is 0 Å². The topological polar surface area (TPSA) is 170 Å². The number of benzene rings is 2. The molecule has 10 nitrogen and oxygen atoms in total. The molecular weight excluding hydrogens is 412 g/mol. The van der Waals surface area contributed by atoms with E-state index >= 15 is 0 Å². The summed E-state index contributed by atoms with van der Waals surface area (Å²) < 4.78 is 16.5. The van der Waals surface area contributed by atoms with Gasteiger partial charge in [-0.25, -0.2) is 0 Å². The summed E-state index contributed by atoms with van der Waals surface area (Å²) in [6.45, 7) is -0.626. The summed E-state index contributed by atoms with van der Waals surface area (Å²) >= 11 is 0. The Morgan fingerprint density at radius 1 is 0.935 bits per heavy atom. The van der Waals surface area contributed by atoms with Crippen molar-refractivity contribution in [3.63, 3.8) is 0 Å². The van der Waals surface area contributed by atoms with E-state index in [1.807, 2.05) is 0 Å². The Bertz CT molecular complexity index is 1140. The molecule has 3 aromatic rings. The number of phenolic OH excluding ortho intramolecular Hbond substituents is 2. The van der Waals surface area contributed by atoms with Gasteiger partial charge in [0.1, 0.15) is 58.4 Å². The molecule has 1 saturated heterocycles. The maximum absolute atomic E-state index is 12.5. The molecule has 10 heteroatoms. The van der Waals surface area contributed by atoms with Gasteiger partial charge in [0.25, 0.3) is 0 Å². The molecule has 1 aliphatic heterocycles. The average Bonchev–Trinajstić information content (AvgIpc) is 2.74. The van der Waals surface area contributed by atoms with E-state index in [0.717, 1.165) is 6.07 Å². The van der Waals surface area contributed by atoms with E-state index in [4.69, 9.17) is 13.9 Å². The molecule has 0 bridgehead atoms. The standard InChI is InChI=1S/C21H20O10/c22-8-16-18(26)19(27)20(28)21(31-16)29-11-5-12(24)17-13(25)7-14(30-15(17)6-11)9-1-3-10(23)4-2-9/h1-7,16,18-24,26-28H,8H2/t16-,18+,19-,20-,21-/m1/s1. The van der Waals surface area contributed by atoms with Crippen LogP contribution in [0.1, 0.15) is 0 Å². The highest BCUT2D eigenvalue weighted by molar-refractivity contribution is 5.86. The van der Waals surface area contributed by atoms with Crippen molar-refractivity contribution in [2.75, 3.05) is 6.61 Å². The zero-order chi connectivity index (χ0) is 22.3. The van der Waals surface area contributed by atoms with Gasteiger partial charge in [-0.3, -0.25) is 4.79 Å². The summed E-state index contributed by atoms with van der Waals surface area (Å²) in [5.41, 5.74) is -0.0204. The molecule has 2 aromatic carbocycles. The normalized spacial score (nSPS) is 26.1. The number of fused-ring (bicyclic) bond motifs is 1. The molecule has 4 rings (SSSR count). The van der Waals surface area contributed by atoms with Crippen molar-refractivity contribution in [3.8, 4) is 28.6 Å². The molecule has 0 amide bonds. The van der Waals surface area contributed by atoms with Crippen molar-refractivity contribution in [1.29, 1.82) is 0 Å². The zero-order valence-corrected chi connectivity index (χ0v) is 16.0. The summed E-state index contributed by atoms with van der Waals surface area (Å²) in [6.07, 6.45) is -7.47. The van der Waals surface area contributed by atoms with Crippen LogP contribution in [0.4, 0.5) is 0 Å². The maximum atomic E-state index is 12.5.